The van der Waals surface area contributed by atoms with Gasteiger partial charge in [-0.05, 0) is 36.5 Å². The van der Waals surface area contributed by atoms with Gasteiger partial charge in [0.2, 0.25) is 17.6 Å². The van der Waals surface area contributed by atoms with Crippen LogP contribution in [0.5, 0.6) is 0 Å². The number of carbonyl (C=O) groups is 5. The number of rotatable bonds is 14. The number of Topliss-reactive ketones (excluding diaryl/α,β-unsaturated/α-hetero) is 1. The van der Waals surface area contributed by atoms with E-state index >= 15 is 0 Å². The molecule has 13 nitrogen and oxygen atoms in total. The lowest BCUT2D eigenvalue weighted by molar-refractivity contribution is -0.143. The minimum Gasteiger partial charge on any atom is -0.379 e. The van der Waals surface area contributed by atoms with Gasteiger partial charge in [0.25, 0.3) is 5.91 Å². The molecule has 0 aromatic heterocycles. The van der Waals surface area contributed by atoms with E-state index < -0.39 is 73.7 Å². The number of alkyl halides is 1. The van der Waals surface area contributed by atoms with Crippen LogP contribution in [0.4, 0.5) is 4.79 Å². The summed E-state index contributed by atoms with van der Waals surface area (Å²) in [6, 6.07) is -3.76. The van der Waals surface area contributed by atoms with Crippen LogP contribution in [-0.4, -0.2) is 108 Å². The summed E-state index contributed by atoms with van der Waals surface area (Å²) in [4.78, 5) is 69.8. The summed E-state index contributed by atoms with van der Waals surface area (Å²) >= 11 is 2.20. The monoisotopic (exact) mass is 835 g/mol. The average Bonchev–Trinajstić information content (AvgIpc) is 3.40. The number of likely N-dealkylation sites (tertiary alicyclic amines) is 1. The van der Waals surface area contributed by atoms with Gasteiger partial charge in [-0.1, -0.05) is 102 Å². The third-order valence-corrected chi connectivity index (χ3v) is 14.1. The first kappa shape index (κ1) is 42.1. The van der Waals surface area contributed by atoms with E-state index in [1.807, 2.05) is 41.5 Å². The Morgan fingerprint density at radius 1 is 1.08 bits per heavy atom. The molecule has 4 N–H and O–H groups in total. The minimum atomic E-state index is -3.52. The standard InChI is InChI=1S/C35H58IN5O8S/c1-8-10-14-24(28(42)31(44)37-17-9-2)38-30(43)27-26(36)23(22(3)4)20-41(27)32(45)29(34(5,6)7)39-33(46)40-35(15-12-11-13-16-35)25-21-49-18-19-50(25,47)48/h9,22-27,29H,2,8,10-21H2,1,3-7H3,(H,37,44)(H,38,43)(H2,39,40,46)/t23?,24-,25?,26?,27-,29+/m0/s1. The summed E-state index contributed by atoms with van der Waals surface area (Å²) in [7, 11) is -3.52. The summed E-state index contributed by atoms with van der Waals surface area (Å²) < 4.78 is 31.7. The fraction of sp³-hybridized carbons (Fsp3) is 0.800. The van der Waals surface area contributed by atoms with E-state index in [0.29, 0.717) is 19.3 Å². The van der Waals surface area contributed by atoms with Crippen molar-refractivity contribution in [1.82, 2.24) is 26.2 Å². The van der Waals surface area contributed by atoms with Gasteiger partial charge in [-0.25, -0.2) is 13.2 Å². The molecular weight excluding hydrogens is 777 g/mol. The van der Waals surface area contributed by atoms with Gasteiger partial charge in [-0.15, -0.1) is 6.58 Å². The first-order valence-corrected chi connectivity index (χ1v) is 20.9. The van der Waals surface area contributed by atoms with Crippen molar-refractivity contribution in [2.75, 3.05) is 32.1 Å². The Hall–Kier alpha value is -2.27. The fourth-order valence-electron chi connectivity index (χ4n) is 7.32. The molecule has 0 radical (unpaired) electrons. The summed E-state index contributed by atoms with van der Waals surface area (Å²) in [5.74, 6) is -2.62. The lowest BCUT2D eigenvalue weighted by Gasteiger charge is -2.45. The largest absolute Gasteiger partial charge is 0.379 e. The number of ether oxygens (including phenoxy) is 1. The van der Waals surface area contributed by atoms with Crippen molar-refractivity contribution in [3.05, 3.63) is 12.7 Å². The third kappa shape index (κ3) is 10.2. The van der Waals surface area contributed by atoms with Crippen LogP contribution in [0.15, 0.2) is 12.7 Å². The van der Waals surface area contributed by atoms with Crippen molar-refractivity contribution < 1.29 is 37.1 Å². The summed E-state index contributed by atoms with van der Waals surface area (Å²) in [5.41, 5.74) is -1.83. The van der Waals surface area contributed by atoms with Gasteiger partial charge in [-0.3, -0.25) is 19.2 Å². The number of sulfone groups is 1. The normalized spacial score (nSPS) is 26.0. The van der Waals surface area contributed by atoms with Gasteiger partial charge in [-0.2, -0.15) is 0 Å². The number of unbranched alkanes of at least 4 members (excludes halogenated alkanes) is 1. The molecule has 1 aliphatic carbocycles. The Balaban J connectivity index is 1.90. The highest BCUT2D eigenvalue weighted by Crippen LogP contribution is 2.38. The van der Waals surface area contributed by atoms with Crippen molar-refractivity contribution in [2.24, 2.45) is 17.3 Å². The van der Waals surface area contributed by atoms with E-state index in [-0.39, 0.29) is 54.2 Å². The van der Waals surface area contributed by atoms with E-state index in [1.165, 1.54) is 11.0 Å². The third-order valence-electron chi connectivity index (χ3n) is 10.3. The van der Waals surface area contributed by atoms with Crippen LogP contribution in [0.25, 0.3) is 0 Å². The summed E-state index contributed by atoms with van der Waals surface area (Å²) in [5, 5.41) is 10.3. The molecule has 15 heteroatoms. The highest BCUT2D eigenvalue weighted by Gasteiger charge is 2.52. The number of halogens is 1. The first-order chi connectivity index (χ1) is 23.4. The summed E-state index contributed by atoms with van der Waals surface area (Å²) in [6.45, 7) is 15.5. The molecule has 0 bridgehead atoms. The second-order valence-corrected chi connectivity index (χ2v) is 19.1. The van der Waals surface area contributed by atoms with Crippen molar-refractivity contribution in [3.63, 3.8) is 0 Å². The van der Waals surface area contributed by atoms with Crippen LogP contribution in [0.3, 0.4) is 0 Å². The summed E-state index contributed by atoms with van der Waals surface area (Å²) in [6.07, 6.45) is 6.46. The van der Waals surface area contributed by atoms with Crippen LogP contribution < -0.4 is 21.3 Å². The SMILES string of the molecule is C=CCNC(=O)C(=O)[C@H](CCCC)NC(=O)[C@@H]1C(I)C(C(C)C)CN1C(=O)[C@@H](NC(=O)NC1(C2COCCS2(=O)=O)CCCCC1)C(C)(C)C. The van der Waals surface area contributed by atoms with Crippen LogP contribution in [0, 0.1) is 17.3 Å². The van der Waals surface area contributed by atoms with Crippen LogP contribution in [0.1, 0.15) is 92.9 Å². The maximum absolute atomic E-state index is 14.6. The molecular formula is C35H58IN5O8S. The molecule has 2 heterocycles. The lowest BCUT2D eigenvalue weighted by atomic mass is 9.79. The van der Waals surface area contributed by atoms with Gasteiger partial charge < -0.3 is 30.9 Å². The highest BCUT2D eigenvalue weighted by atomic mass is 127. The molecule has 0 spiro atoms. The van der Waals surface area contributed by atoms with E-state index in [4.69, 9.17) is 4.74 Å². The zero-order valence-electron chi connectivity index (χ0n) is 30.5. The van der Waals surface area contributed by atoms with Crippen molar-refractivity contribution >= 4 is 62.0 Å². The van der Waals surface area contributed by atoms with Gasteiger partial charge in [0.1, 0.15) is 17.3 Å². The lowest BCUT2D eigenvalue weighted by Crippen LogP contribution is -2.67. The van der Waals surface area contributed by atoms with E-state index in [1.54, 1.807) is 0 Å². The van der Waals surface area contributed by atoms with E-state index in [2.05, 4.69) is 50.4 Å². The molecule has 5 amide bonds. The molecule has 50 heavy (non-hydrogen) atoms. The van der Waals surface area contributed by atoms with Gasteiger partial charge in [0.05, 0.1) is 30.5 Å². The van der Waals surface area contributed by atoms with E-state index in [9.17, 15) is 32.4 Å². The Morgan fingerprint density at radius 3 is 2.30 bits per heavy atom. The highest BCUT2D eigenvalue weighted by molar-refractivity contribution is 14.1. The molecule has 2 aliphatic heterocycles. The zero-order valence-corrected chi connectivity index (χ0v) is 33.5. The average molecular weight is 836 g/mol. The van der Waals surface area contributed by atoms with E-state index in [0.717, 1.165) is 25.7 Å². The van der Waals surface area contributed by atoms with Crippen molar-refractivity contribution in [3.8, 4) is 0 Å². The van der Waals surface area contributed by atoms with Gasteiger partial charge in [0, 0.05) is 17.0 Å². The molecule has 1 saturated carbocycles. The quantitative estimate of drug-likeness (QED) is 0.0893. The van der Waals surface area contributed by atoms with Gasteiger partial charge in [0.15, 0.2) is 9.84 Å². The maximum Gasteiger partial charge on any atom is 0.315 e. The number of hydrogen-bond donors (Lipinski definition) is 4. The Morgan fingerprint density at radius 2 is 1.74 bits per heavy atom. The first-order valence-electron chi connectivity index (χ1n) is 18.0. The maximum atomic E-state index is 14.6. The smallest absolute Gasteiger partial charge is 0.315 e. The number of hydrogen-bond acceptors (Lipinski definition) is 8. The number of urea groups is 1. The topological polar surface area (TPSA) is 180 Å². The molecule has 284 valence electrons. The van der Waals surface area contributed by atoms with Gasteiger partial charge >= 0.3 is 6.03 Å². The fourth-order valence-corrected chi connectivity index (χ4v) is 11.0. The predicted octanol–water partition coefficient (Wildman–Crippen LogP) is 3.05. The number of carbonyl (C=O) groups excluding carboxylic acids is 5. The molecule has 0 aromatic carbocycles. The van der Waals surface area contributed by atoms with Crippen molar-refractivity contribution in [1.29, 1.82) is 0 Å². The molecule has 6 atom stereocenters. The van der Waals surface area contributed by atoms with Crippen LogP contribution in [-0.2, 0) is 33.8 Å². The zero-order chi connectivity index (χ0) is 37.4. The molecule has 3 unspecified atom stereocenters. The minimum absolute atomic E-state index is 0.000119. The molecule has 0 aromatic rings. The Bertz CT molecular complexity index is 1360. The second-order valence-electron chi connectivity index (χ2n) is 15.4. The predicted molar refractivity (Wildman–Crippen MR) is 200 cm³/mol. The van der Waals surface area contributed by atoms with Crippen LogP contribution in [0.2, 0.25) is 0 Å². The van der Waals surface area contributed by atoms with Crippen molar-refractivity contribution in [2.45, 2.75) is 126 Å². The number of ketones is 1. The molecule has 3 rings (SSSR count). The number of nitrogens with zero attached hydrogens (tertiary/aromatic N) is 1. The molecule has 3 aliphatic rings. The molecule has 2 saturated heterocycles. The number of amides is 5. The Kier molecular flexibility index (Phi) is 15.2. The number of nitrogens with one attached hydrogen (secondary N) is 4. The van der Waals surface area contributed by atoms with Crippen LogP contribution >= 0.6 is 22.6 Å². The second kappa shape index (κ2) is 18.0. The molecule has 3 fully saturated rings. The Labute approximate surface area is 311 Å².